The summed E-state index contributed by atoms with van der Waals surface area (Å²) in [5, 5.41) is 2.95. The van der Waals surface area contributed by atoms with Gasteiger partial charge in [-0.05, 0) is 63.9 Å². The fraction of sp³-hybridized carbons (Fsp3) is 0.462. The minimum Gasteiger partial charge on any atom is -0.497 e. The molecule has 0 bridgehead atoms. The van der Waals surface area contributed by atoms with Crippen molar-refractivity contribution in [3.63, 3.8) is 0 Å². The van der Waals surface area contributed by atoms with Crippen LogP contribution >= 0.6 is 0 Å². The summed E-state index contributed by atoms with van der Waals surface area (Å²) >= 11 is 0. The molecule has 0 saturated heterocycles. The fourth-order valence-corrected chi connectivity index (χ4v) is 4.47. The fourth-order valence-electron chi connectivity index (χ4n) is 3.62. The molecule has 1 N–H and O–H groups in total. The highest BCUT2D eigenvalue weighted by molar-refractivity contribution is 7.92. The third kappa shape index (κ3) is 8.28. The minimum atomic E-state index is -3.75. The van der Waals surface area contributed by atoms with E-state index < -0.39 is 34.1 Å². The monoisotopic (exact) mass is 503 g/mol. The molecule has 9 heteroatoms. The Hall–Kier alpha value is -3.07. The van der Waals surface area contributed by atoms with Crippen molar-refractivity contribution in [1.29, 1.82) is 0 Å². The molecule has 0 aliphatic heterocycles. The first-order valence-corrected chi connectivity index (χ1v) is 13.4. The van der Waals surface area contributed by atoms with E-state index in [4.69, 9.17) is 4.74 Å². The number of amides is 2. The van der Waals surface area contributed by atoms with Crippen LogP contribution in [0.5, 0.6) is 5.75 Å². The second kappa shape index (κ2) is 11.6. The Morgan fingerprint density at radius 2 is 1.60 bits per heavy atom. The molecule has 1 atom stereocenters. The number of rotatable bonds is 10. The lowest BCUT2D eigenvalue weighted by atomic mass is 10.1. The molecule has 0 radical (unpaired) electrons. The Kier molecular flexibility index (Phi) is 9.31. The number of sulfonamides is 1. The van der Waals surface area contributed by atoms with Gasteiger partial charge in [0.25, 0.3) is 0 Å². The molecule has 35 heavy (non-hydrogen) atoms. The number of hydrogen-bond acceptors (Lipinski definition) is 5. The van der Waals surface area contributed by atoms with Gasteiger partial charge in [-0.1, -0.05) is 36.8 Å². The second-order valence-corrected chi connectivity index (χ2v) is 11.5. The highest BCUT2D eigenvalue weighted by atomic mass is 32.2. The molecule has 0 aliphatic carbocycles. The standard InChI is InChI=1S/C26H37N3O5S/c1-8-23(25(31)27-26(3,4)5)28(17-20-11-15-22(34-6)16-12-20)24(30)18-29(35(7,32)33)21-13-9-19(2)10-14-21/h9-16,23H,8,17-18H2,1-7H3,(H,27,31). The Balaban J connectivity index is 2.44. The number of anilines is 1. The van der Waals surface area contributed by atoms with E-state index in [1.807, 2.05) is 46.8 Å². The van der Waals surface area contributed by atoms with Gasteiger partial charge < -0.3 is 15.0 Å². The zero-order valence-corrected chi connectivity index (χ0v) is 22.5. The van der Waals surface area contributed by atoms with Gasteiger partial charge >= 0.3 is 0 Å². The first-order chi connectivity index (χ1) is 16.2. The molecule has 2 amide bonds. The lowest BCUT2D eigenvalue weighted by Gasteiger charge is -2.34. The van der Waals surface area contributed by atoms with E-state index in [-0.39, 0.29) is 12.5 Å². The van der Waals surface area contributed by atoms with Crippen LogP contribution in [0, 0.1) is 6.92 Å². The highest BCUT2D eigenvalue weighted by Gasteiger charge is 2.33. The lowest BCUT2D eigenvalue weighted by molar-refractivity contribution is -0.141. The summed E-state index contributed by atoms with van der Waals surface area (Å²) in [7, 11) is -2.18. The highest BCUT2D eigenvalue weighted by Crippen LogP contribution is 2.21. The molecule has 0 saturated carbocycles. The van der Waals surface area contributed by atoms with Crippen LogP contribution in [-0.4, -0.2) is 56.6 Å². The number of hydrogen-bond donors (Lipinski definition) is 1. The van der Waals surface area contributed by atoms with Crippen LogP contribution in [0.25, 0.3) is 0 Å². The van der Waals surface area contributed by atoms with Gasteiger partial charge in [0.2, 0.25) is 21.8 Å². The molecule has 0 aromatic heterocycles. The molecule has 1 unspecified atom stereocenters. The van der Waals surface area contributed by atoms with E-state index in [0.717, 1.165) is 21.7 Å². The summed E-state index contributed by atoms with van der Waals surface area (Å²) < 4.78 is 31.5. The van der Waals surface area contributed by atoms with Crippen LogP contribution in [0.15, 0.2) is 48.5 Å². The molecule has 2 rings (SSSR count). The maximum Gasteiger partial charge on any atom is 0.244 e. The maximum atomic E-state index is 13.7. The molecule has 0 fully saturated rings. The summed E-state index contributed by atoms with van der Waals surface area (Å²) in [6.45, 7) is 9.06. The molecule has 2 aromatic carbocycles. The second-order valence-electron chi connectivity index (χ2n) is 9.64. The third-order valence-corrected chi connectivity index (χ3v) is 6.54. The van der Waals surface area contributed by atoms with E-state index in [9.17, 15) is 18.0 Å². The van der Waals surface area contributed by atoms with E-state index in [2.05, 4.69) is 5.32 Å². The third-order valence-electron chi connectivity index (χ3n) is 5.40. The van der Waals surface area contributed by atoms with Gasteiger partial charge in [-0.3, -0.25) is 13.9 Å². The number of nitrogens with one attached hydrogen (secondary N) is 1. The van der Waals surface area contributed by atoms with Gasteiger partial charge in [0.1, 0.15) is 18.3 Å². The molecular formula is C26H37N3O5S. The Morgan fingerprint density at radius 1 is 1.03 bits per heavy atom. The molecule has 8 nitrogen and oxygen atoms in total. The van der Waals surface area contributed by atoms with E-state index >= 15 is 0 Å². The number of carbonyl (C=O) groups excluding carboxylic acids is 2. The summed E-state index contributed by atoms with van der Waals surface area (Å²) in [4.78, 5) is 28.3. The van der Waals surface area contributed by atoms with Gasteiger partial charge in [0.05, 0.1) is 19.1 Å². The molecule has 192 valence electrons. The van der Waals surface area contributed by atoms with Gasteiger partial charge in [0, 0.05) is 12.1 Å². The van der Waals surface area contributed by atoms with E-state index in [0.29, 0.717) is 17.9 Å². The van der Waals surface area contributed by atoms with Gasteiger partial charge in [-0.15, -0.1) is 0 Å². The van der Waals surface area contributed by atoms with Gasteiger partial charge in [0.15, 0.2) is 0 Å². The van der Waals surface area contributed by atoms with Crippen molar-refractivity contribution in [2.45, 2.75) is 59.2 Å². The summed E-state index contributed by atoms with van der Waals surface area (Å²) in [5.41, 5.74) is 1.67. The average Bonchev–Trinajstić information content (AvgIpc) is 2.76. The van der Waals surface area contributed by atoms with Crippen LogP contribution in [0.4, 0.5) is 5.69 Å². The Bertz CT molecular complexity index is 1110. The summed E-state index contributed by atoms with van der Waals surface area (Å²) in [5.74, 6) is -0.0856. The number of ether oxygens (including phenoxy) is 1. The predicted molar refractivity (Wildman–Crippen MR) is 139 cm³/mol. The normalized spacial score (nSPS) is 12.5. The number of benzene rings is 2. The number of nitrogens with zero attached hydrogens (tertiary/aromatic N) is 2. The van der Waals surface area contributed by atoms with Crippen molar-refractivity contribution in [3.8, 4) is 5.75 Å². The van der Waals surface area contributed by atoms with Crippen molar-refractivity contribution < 1.29 is 22.7 Å². The Morgan fingerprint density at radius 3 is 2.06 bits per heavy atom. The van der Waals surface area contributed by atoms with Gasteiger partial charge in [-0.25, -0.2) is 8.42 Å². The molecular weight excluding hydrogens is 466 g/mol. The zero-order chi connectivity index (χ0) is 26.4. The average molecular weight is 504 g/mol. The SMILES string of the molecule is CCC(C(=O)NC(C)(C)C)N(Cc1ccc(OC)cc1)C(=O)CN(c1ccc(C)cc1)S(C)(=O)=O. The quantitative estimate of drug-likeness (QED) is 0.535. The maximum absolute atomic E-state index is 13.7. The smallest absolute Gasteiger partial charge is 0.244 e. The van der Waals surface area contributed by atoms with Crippen molar-refractivity contribution in [3.05, 3.63) is 59.7 Å². The predicted octanol–water partition coefficient (Wildman–Crippen LogP) is 3.49. The number of methoxy groups -OCH3 is 1. The topological polar surface area (TPSA) is 96.0 Å². The summed E-state index contributed by atoms with van der Waals surface area (Å²) in [6.07, 6.45) is 1.44. The summed E-state index contributed by atoms with van der Waals surface area (Å²) in [6, 6.07) is 13.3. The lowest BCUT2D eigenvalue weighted by Crippen LogP contribution is -2.55. The minimum absolute atomic E-state index is 0.143. The van der Waals surface area contributed by atoms with E-state index in [1.54, 1.807) is 43.5 Å². The van der Waals surface area contributed by atoms with Crippen LogP contribution in [0.3, 0.4) is 0 Å². The largest absolute Gasteiger partial charge is 0.497 e. The van der Waals surface area contributed by atoms with Crippen molar-refractivity contribution >= 4 is 27.5 Å². The van der Waals surface area contributed by atoms with Gasteiger partial charge in [-0.2, -0.15) is 0 Å². The van der Waals surface area contributed by atoms with Crippen LogP contribution in [0.2, 0.25) is 0 Å². The van der Waals surface area contributed by atoms with Crippen molar-refractivity contribution in [2.75, 3.05) is 24.2 Å². The molecule has 0 spiro atoms. The van der Waals surface area contributed by atoms with Crippen LogP contribution < -0.4 is 14.4 Å². The number of aryl methyl sites for hydroxylation is 1. The molecule has 2 aromatic rings. The first-order valence-electron chi connectivity index (χ1n) is 11.5. The van der Waals surface area contributed by atoms with E-state index in [1.165, 1.54) is 4.90 Å². The van der Waals surface area contributed by atoms with Crippen molar-refractivity contribution in [2.24, 2.45) is 0 Å². The van der Waals surface area contributed by atoms with Crippen LogP contribution in [0.1, 0.15) is 45.2 Å². The molecule has 0 aliphatic rings. The Labute approximate surface area is 209 Å². The first kappa shape index (κ1) is 28.2. The number of carbonyl (C=O) groups is 2. The zero-order valence-electron chi connectivity index (χ0n) is 21.7. The molecule has 0 heterocycles. The van der Waals surface area contributed by atoms with Crippen molar-refractivity contribution in [1.82, 2.24) is 10.2 Å². The van der Waals surface area contributed by atoms with Crippen LogP contribution in [-0.2, 0) is 26.2 Å².